The summed E-state index contributed by atoms with van der Waals surface area (Å²) in [6.45, 7) is 4.78. The average Bonchev–Trinajstić information content (AvgIpc) is 2.15. The van der Waals surface area contributed by atoms with Crippen LogP contribution in [0.2, 0.25) is 0 Å². The van der Waals surface area contributed by atoms with Crippen LogP contribution in [0.4, 0.5) is 0 Å². The molecule has 0 aromatic heterocycles. The van der Waals surface area contributed by atoms with E-state index in [1.165, 1.54) is 0 Å². The molecule has 16 heavy (non-hydrogen) atoms. The first-order valence-corrected chi connectivity index (χ1v) is 7.51. The van der Waals surface area contributed by atoms with Gasteiger partial charge in [-0.25, -0.2) is 0 Å². The second-order valence-corrected chi connectivity index (χ2v) is 5.82. The lowest BCUT2D eigenvalue weighted by atomic mass is 9.84. The first kappa shape index (κ1) is 14.1. The Morgan fingerprint density at radius 3 is 2.75 bits per heavy atom. The molecular weight excluding hydrogens is 226 g/mol. The van der Waals surface area contributed by atoms with Gasteiger partial charge in [0, 0.05) is 48.6 Å². The van der Waals surface area contributed by atoms with Crippen LogP contribution in [-0.2, 0) is 20.3 Å². The summed E-state index contributed by atoms with van der Waals surface area (Å²) in [7, 11) is 0.966. The molecule has 0 aromatic rings. The fourth-order valence-electron chi connectivity index (χ4n) is 2.20. The topological polar surface area (TPSA) is 47.6 Å². The van der Waals surface area contributed by atoms with E-state index in [9.17, 15) is 4.21 Å². The Balaban J connectivity index is 2.31. The molecule has 1 aliphatic carbocycles. The first-order valence-electron chi connectivity index (χ1n) is 5.79. The number of methoxy groups -OCH3 is 1. The zero-order chi connectivity index (χ0) is 12.1. The van der Waals surface area contributed by atoms with Gasteiger partial charge >= 0.3 is 0 Å². The molecule has 5 atom stereocenters. The van der Waals surface area contributed by atoms with Gasteiger partial charge in [-0.2, -0.15) is 0 Å². The van der Waals surface area contributed by atoms with E-state index in [1.54, 1.807) is 13.4 Å². The molecule has 0 saturated heterocycles. The van der Waals surface area contributed by atoms with Crippen LogP contribution >= 0.6 is 0 Å². The van der Waals surface area contributed by atoms with Crippen LogP contribution in [0.25, 0.3) is 0 Å². The molecule has 1 aliphatic rings. The van der Waals surface area contributed by atoms with Gasteiger partial charge in [-0.05, 0) is 20.3 Å². The maximum Gasteiger partial charge on any atom is 0.0986 e. The summed E-state index contributed by atoms with van der Waals surface area (Å²) >= 11 is 0. The summed E-state index contributed by atoms with van der Waals surface area (Å²) in [4.78, 5) is 0. The van der Waals surface area contributed by atoms with E-state index < -0.39 is 10.8 Å². The van der Waals surface area contributed by atoms with Crippen molar-refractivity contribution >= 4 is 10.8 Å². The van der Waals surface area contributed by atoms with Crippen molar-refractivity contribution in [2.24, 2.45) is 0 Å². The van der Waals surface area contributed by atoms with E-state index in [-0.39, 0.29) is 18.2 Å². The third kappa shape index (κ3) is 3.80. The monoisotopic (exact) mass is 249 g/mol. The lowest BCUT2D eigenvalue weighted by molar-refractivity contribution is -0.132. The third-order valence-corrected chi connectivity index (χ3v) is 3.85. The Hall–Kier alpha value is 0.0300. The molecular formula is C11H23NO3S. The van der Waals surface area contributed by atoms with Crippen molar-refractivity contribution in [1.29, 1.82) is 0 Å². The zero-order valence-electron chi connectivity index (χ0n) is 10.6. The molecule has 1 N–H and O–H groups in total. The molecule has 0 radical (unpaired) electrons. The molecule has 5 unspecified atom stereocenters. The summed E-state index contributed by atoms with van der Waals surface area (Å²) < 4.78 is 22.0. The SMILES string of the molecule is CCOC1CC(NC(C)CS(C)=O)C1OC. The van der Waals surface area contributed by atoms with Crippen molar-refractivity contribution in [2.45, 2.75) is 44.6 Å². The minimum atomic E-state index is -0.750. The summed E-state index contributed by atoms with van der Waals surface area (Å²) in [5.41, 5.74) is 0. The number of hydrogen-bond donors (Lipinski definition) is 1. The van der Waals surface area contributed by atoms with Gasteiger partial charge in [0.25, 0.3) is 0 Å². The maximum absolute atomic E-state index is 11.1. The molecule has 0 aliphatic heterocycles. The maximum atomic E-state index is 11.1. The normalized spacial score (nSPS) is 33.1. The third-order valence-electron chi connectivity index (χ3n) is 2.89. The highest BCUT2D eigenvalue weighted by atomic mass is 32.2. The predicted molar refractivity (Wildman–Crippen MR) is 66.1 cm³/mol. The Labute approximate surface area is 101 Å². The van der Waals surface area contributed by atoms with E-state index in [4.69, 9.17) is 9.47 Å². The van der Waals surface area contributed by atoms with Crippen molar-refractivity contribution < 1.29 is 13.7 Å². The molecule has 5 heteroatoms. The fourth-order valence-corrected chi connectivity index (χ4v) is 3.00. The molecule has 0 aromatic carbocycles. The van der Waals surface area contributed by atoms with Gasteiger partial charge in [-0.1, -0.05) is 0 Å². The fraction of sp³-hybridized carbons (Fsp3) is 1.00. The number of hydrogen-bond acceptors (Lipinski definition) is 4. The molecule has 0 bridgehead atoms. The van der Waals surface area contributed by atoms with Gasteiger partial charge in [-0.3, -0.25) is 4.21 Å². The Bertz CT molecular complexity index is 237. The molecule has 1 fully saturated rings. The summed E-state index contributed by atoms with van der Waals surface area (Å²) in [6.07, 6.45) is 3.06. The smallest absolute Gasteiger partial charge is 0.0986 e. The zero-order valence-corrected chi connectivity index (χ0v) is 11.4. The van der Waals surface area contributed by atoms with E-state index >= 15 is 0 Å². The van der Waals surface area contributed by atoms with Gasteiger partial charge < -0.3 is 14.8 Å². The molecule has 1 saturated carbocycles. The van der Waals surface area contributed by atoms with Gasteiger partial charge in [0.05, 0.1) is 12.2 Å². The quantitative estimate of drug-likeness (QED) is 0.715. The van der Waals surface area contributed by atoms with Crippen LogP contribution in [0.1, 0.15) is 20.3 Å². The standard InChI is InChI=1S/C11H23NO3S/c1-5-15-10-6-9(11(10)14-3)12-8(2)7-16(4)13/h8-12H,5-7H2,1-4H3. The number of ether oxygens (including phenoxy) is 2. The summed E-state index contributed by atoms with van der Waals surface area (Å²) in [5, 5.41) is 3.44. The average molecular weight is 249 g/mol. The van der Waals surface area contributed by atoms with Crippen molar-refractivity contribution in [1.82, 2.24) is 5.32 Å². The molecule has 0 spiro atoms. The highest BCUT2D eigenvalue weighted by molar-refractivity contribution is 7.84. The number of nitrogens with one attached hydrogen (secondary N) is 1. The van der Waals surface area contributed by atoms with Gasteiger partial charge in [0.2, 0.25) is 0 Å². The van der Waals surface area contributed by atoms with Crippen molar-refractivity contribution in [3.63, 3.8) is 0 Å². The second kappa shape index (κ2) is 6.69. The first-order chi connectivity index (χ1) is 7.58. The Kier molecular flexibility index (Phi) is 5.89. The minimum absolute atomic E-state index is 0.132. The van der Waals surface area contributed by atoms with E-state index in [1.807, 2.05) is 6.92 Å². The highest BCUT2D eigenvalue weighted by Crippen LogP contribution is 2.27. The van der Waals surface area contributed by atoms with Crippen molar-refractivity contribution in [3.05, 3.63) is 0 Å². The molecule has 1 rings (SSSR count). The van der Waals surface area contributed by atoms with Crippen LogP contribution in [-0.4, -0.2) is 54.2 Å². The molecule has 96 valence electrons. The summed E-state index contributed by atoms with van der Waals surface area (Å²) in [5.74, 6) is 0.687. The van der Waals surface area contributed by atoms with E-state index in [0.717, 1.165) is 13.0 Å². The lowest BCUT2D eigenvalue weighted by Crippen LogP contribution is -2.61. The van der Waals surface area contributed by atoms with Crippen LogP contribution < -0.4 is 5.32 Å². The molecule has 0 heterocycles. The largest absolute Gasteiger partial charge is 0.377 e. The van der Waals surface area contributed by atoms with Crippen LogP contribution in [0.3, 0.4) is 0 Å². The Morgan fingerprint density at radius 1 is 1.56 bits per heavy atom. The number of rotatable bonds is 7. The van der Waals surface area contributed by atoms with Crippen molar-refractivity contribution in [3.8, 4) is 0 Å². The van der Waals surface area contributed by atoms with Gasteiger partial charge in [-0.15, -0.1) is 0 Å². The minimum Gasteiger partial charge on any atom is -0.377 e. The predicted octanol–water partition coefficient (Wildman–Crippen LogP) is 0.535. The molecule has 0 amide bonds. The summed E-state index contributed by atoms with van der Waals surface area (Å²) in [6, 6.07) is 0.594. The Morgan fingerprint density at radius 2 is 2.25 bits per heavy atom. The van der Waals surface area contributed by atoms with Crippen molar-refractivity contribution in [2.75, 3.05) is 25.7 Å². The van der Waals surface area contributed by atoms with E-state index in [2.05, 4.69) is 12.2 Å². The second-order valence-electron chi connectivity index (χ2n) is 4.34. The van der Waals surface area contributed by atoms with Gasteiger partial charge in [0.15, 0.2) is 0 Å². The lowest BCUT2D eigenvalue weighted by Gasteiger charge is -2.44. The molecule has 4 nitrogen and oxygen atoms in total. The van der Waals surface area contributed by atoms with Gasteiger partial charge in [0.1, 0.15) is 0 Å². The van der Waals surface area contributed by atoms with Crippen LogP contribution in [0, 0.1) is 0 Å². The highest BCUT2D eigenvalue weighted by Gasteiger charge is 2.42. The van der Waals surface area contributed by atoms with E-state index in [0.29, 0.717) is 11.8 Å². The van der Waals surface area contributed by atoms with Crippen LogP contribution in [0.15, 0.2) is 0 Å². The van der Waals surface area contributed by atoms with Crippen LogP contribution in [0.5, 0.6) is 0 Å².